The second-order valence-corrected chi connectivity index (χ2v) is 7.86. The molecule has 0 aliphatic carbocycles. The second kappa shape index (κ2) is 8.37. The minimum absolute atomic E-state index is 0.0116. The predicted octanol–water partition coefficient (Wildman–Crippen LogP) is 3.49. The third-order valence-corrected chi connectivity index (χ3v) is 5.79. The minimum atomic E-state index is -5.06. The molecule has 3 aromatic rings. The first-order valence-corrected chi connectivity index (χ1v) is 10.3. The summed E-state index contributed by atoms with van der Waals surface area (Å²) in [6.45, 7) is 1.06. The highest BCUT2D eigenvalue weighted by Crippen LogP contribution is 2.34. The highest BCUT2D eigenvalue weighted by atomic mass is 19.4. The van der Waals surface area contributed by atoms with Crippen molar-refractivity contribution >= 4 is 22.6 Å². The molecule has 178 valence electrons. The number of pyridine rings is 2. The van der Waals surface area contributed by atoms with E-state index in [-0.39, 0.29) is 31.0 Å². The number of amides is 1. The lowest BCUT2D eigenvalue weighted by molar-refractivity contribution is -0.275. The molecule has 2 aromatic heterocycles. The van der Waals surface area contributed by atoms with E-state index in [0.717, 1.165) is 23.3 Å². The Kier molecular flexibility index (Phi) is 5.48. The van der Waals surface area contributed by atoms with E-state index in [0.29, 0.717) is 29.9 Å². The Morgan fingerprint density at radius 3 is 2.76 bits per heavy atom. The average Bonchev–Trinajstić information content (AvgIpc) is 3.30. The molecule has 2 aliphatic heterocycles. The van der Waals surface area contributed by atoms with Gasteiger partial charge in [0, 0.05) is 17.5 Å². The summed E-state index contributed by atoms with van der Waals surface area (Å²) in [4.78, 5) is 23.4. The largest absolute Gasteiger partial charge is 0.573 e. The Bertz CT molecular complexity index is 1280. The van der Waals surface area contributed by atoms with Crippen molar-refractivity contribution in [2.45, 2.75) is 25.6 Å². The number of halogens is 4. The molecule has 2 aliphatic rings. The molecule has 1 aromatic carbocycles. The first-order chi connectivity index (χ1) is 16.2. The van der Waals surface area contributed by atoms with Gasteiger partial charge in [-0.3, -0.25) is 4.79 Å². The Balaban J connectivity index is 1.49. The molecule has 0 radical (unpaired) electrons. The molecule has 0 spiro atoms. The van der Waals surface area contributed by atoms with Gasteiger partial charge in [-0.15, -0.1) is 13.2 Å². The Hall–Kier alpha value is -3.51. The molecule has 0 unspecified atom stereocenters. The second-order valence-electron chi connectivity index (χ2n) is 7.86. The molecular weight excluding hydrogens is 460 g/mol. The van der Waals surface area contributed by atoms with Gasteiger partial charge in [-0.25, -0.2) is 14.4 Å². The van der Waals surface area contributed by atoms with Crippen molar-refractivity contribution in [2.75, 3.05) is 25.5 Å². The molecule has 4 heterocycles. The summed E-state index contributed by atoms with van der Waals surface area (Å²) in [5.41, 5.74) is 8.46. The van der Waals surface area contributed by atoms with Gasteiger partial charge in [-0.2, -0.15) is 0 Å². The number of carbonyl (C=O) groups is 1. The van der Waals surface area contributed by atoms with E-state index in [9.17, 15) is 22.4 Å². The highest BCUT2D eigenvalue weighted by Gasteiger charge is 2.35. The number of aromatic nitrogens is 2. The van der Waals surface area contributed by atoms with Crippen LogP contribution < -0.4 is 10.5 Å². The molecule has 8 nitrogen and oxygen atoms in total. The summed E-state index contributed by atoms with van der Waals surface area (Å²) in [6, 6.07) is 3.92. The molecule has 0 bridgehead atoms. The van der Waals surface area contributed by atoms with Crippen LogP contribution in [0.25, 0.3) is 10.9 Å². The number of nitrogens with zero attached hydrogens (tertiary/aromatic N) is 3. The van der Waals surface area contributed by atoms with Gasteiger partial charge < -0.3 is 24.8 Å². The third-order valence-electron chi connectivity index (χ3n) is 5.79. The predicted molar refractivity (Wildman–Crippen MR) is 110 cm³/mol. The summed E-state index contributed by atoms with van der Waals surface area (Å²) in [5, 5.41) is 0.688. The quantitative estimate of drug-likeness (QED) is 0.576. The summed E-state index contributed by atoms with van der Waals surface area (Å²) < 4.78 is 66.6. The van der Waals surface area contributed by atoms with Crippen LogP contribution in [0.2, 0.25) is 0 Å². The molecule has 1 atom stereocenters. The fourth-order valence-electron chi connectivity index (χ4n) is 4.19. The molecule has 1 saturated heterocycles. The van der Waals surface area contributed by atoms with E-state index in [1.54, 1.807) is 6.07 Å². The lowest BCUT2D eigenvalue weighted by Crippen LogP contribution is -2.43. The number of benzene rings is 1. The number of alkyl halides is 3. The van der Waals surface area contributed by atoms with E-state index < -0.39 is 29.9 Å². The molecule has 2 N–H and O–H groups in total. The Morgan fingerprint density at radius 1 is 1.18 bits per heavy atom. The first kappa shape index (κ1) is 22.3. The molecule has 1 amide bonds. The number of rotatable bonds is 3. The number of nitrogens with two attached hydrogens (primary N) is 1. The lowest BCUT2D eigenvalue weighted by Gasteiger charge is -2.36. The van der Waals surface area contributed by atoms with E-state index in [4.69, 9.17) is 15.2 Å². The van der Waals surface area contributed by atoms with E-state index in [2.05, 4.69) is 14.7 Å². The van der Waals surface area contributed by atoms with Crippen LogP contribution in [-0.2, 0) is 22.7 Å². The van der Waals surface area contributed by atoms with Gasteiger partial charge in [0.1, 0.15) is 11.5 Å². The SMILES string of the molecule is Nc1nc2cnc(C(=O)N3CCOC[C@H]3c3ccc(F)c(OC(F)(F)F)c3)cc2c2c1COC2. The highest BCUT2D eigenvalue weighted by molar-refractivity contribution is 5.97. The van der Waals surface area contributed by atoms with Crippen molar-refractivity contribution in [3.8, 4) is 5.75 Å². The number of nitrogen functional groups attached to an aromatic ring is 1. The first-order valence-electron chi connectivity index (χ1n) is 10.3. The van der Waals surface area contributed by atoms with Crippen LogP contribution in [0.3, 0.4) is 0 Å². The number of morpholine rings is 1. The maximum Gasteiger partial charge on any atom is 0.573 e. The summed E-state index contributed by atoms with van der Waals surface area (Å²) in [7, 11) is 0. The van der Waals surface area contributed by atoms with Crippen LogP contribution in [0, 0.1) is 5.82 Å². The van der Waals surface area contributed by atoms with Gasteiger partial charge in [0.25, 0.3) is 5.91 Å². The van der Waals surface area contributed by atoms with E-state index in [1.165, 1.54) is 17.2 Å². The van der Waals surface area contributed by atoms with Gasteiger partial charge in [-0.1, -0.05) is 6.07 Å². The fourth-order valence-corrected chi connectivity index (χ4v) is 4.19. The van der Waals surface area contributed by atoms with Crippen LogP contribution >= 0.6 is 0 Å². The topological polar surface area (TPSA) is 99.8 Å². The van der Waals surface area contributed by atoms with Crippen LogP contribution in [0.15, 0.2) is 30.5 Å². The zero-order valence-electron chi connectivity index (χ0n) is 17.6. The van der Waals surface area contributed by atoms with Gasteiger partial charge in [-0.05, 0) is 29.3 Å². The van der Waals surface area contributed by atoms with E-state index in [1.807, 2.05) is 0 Å². The fraction of sp³-hybridized carbons (Fsp3) is 0.318. The summed E-state index contributed by atoms with van der Waals surface area (Å²) in [5.74, 6) is -2.26. The standard InChI is InChI=1S/C22H18F4N4O4/c23-15-2-1-11(5-19(15)34-22(24,25)26)18-10-32-4-3-30(18)21(31)16-6-12-13-8-33-9-14(13)20(27)29-17(12)7-28-16/h1-2,5-7,18H,3-4,8-10H2,(H2,27,29)/t18-/m0/s1. The smallest absolute Gasteiger partial charge is 0.403 e. The Morgan fingerprint density at radius 2 is 1.97 bits per heavy atom. The zero-order chi connectivity index (χ0) is 24.0. The Labute approximate surface area is 190 Å². The number of anilines is 1. The molecule has 34 heavy (non-hydrogen) atoms. The van der Waals surface area contributed by atoms with Crippen molar-refractivity contribution in [2.24, 2.45) is 0 Å². The zero-order valence-corrected chi connectivity index (χ0v) is 17.6. The number of fused-ring (bicyclic) bond motifs is 3. The van der Waals surface area contributed by atoms with E-state index >= 15 is 0 Å². The summed E-state index contributed by atoms with van der Waals surface area (Å²) in [6.07, 6.45) is -3.62. The van der Waals surface area contributed by atoms with Gasteiger partial charge >= 0.3 is 6.36 Å². The lowest BCUT2D eigenvalue weighted by atomic mass is 10.0. The molecule has 0 saturated carbocycles. The number of hydrogen-bond acceptors (Lipinski definition) is 7. The third kappa shape index (κ3) is 4.10. The van der Waals surface area contributed by atoms with Crippen LogP contribution in [0.5, 0.6) is 5.75 Å². The van der Waals surface area contributed by atoms with Crippen LogP contribution in [-0.4, -0.2) is 46.9 Å². The number of hydrogen-bond donors (Lipinski definition) is 1. The van der Waals surface area contributed by atoms with Crippen molar-refractivity contribution in [1.29, 1.82) is 0 Å². The minimum Gasteiger partial charge on any atom is -0.403 e. The molecule has 12 heteroatoms. The van der Waals surface area contributed by atoms with Crippen LogP contribution in [0.4, 0.5) is 23.4 Å². The van der Waals surface area contributed by atoms with Gasteiger partial charge in [0.05, 0.1) is 44.2 Å². The number of carbonyl (C=O) groups excluding carboxylic acids is 1. The average molecular weight is 478 g/mol. The number of ether oxygens (including phenoxy) is 3. The van der Waals surface area contributed by atoms with Gasteiger partial charge in [0.2, 0.25) is 0 Å². The molecular formula is C22H18F4N4O4. The van der Waals surface area contributed by atoms with Crippen molar-refractivity contribution in [3.63, 3.8) is 0 Å². The van der Waals surface area contributed by atoms with Crippen molar-refractivity contribution in [1.82, 2.24) is 14.9 Å². The monoisotopic (exact) mass is 478 g/mol. The van der Waals surface area contributed by atoms with Crippen molar-refractivity contribution in [3.05, 3.63) is 58.7 Å². The molecule has 1 fully saturated rings. The van der Waals surface area contributed by atoms with Crippen molar-refractivity contribution < 1.29 is 36.6 Å². The maximum absolute atomic E-state index is 13.9. The van der Waals surface area contributed by atoms with Crippen LogP contribution in [0.1, 0.15) is 33.2 Å². The summed E-state index contributed by atoms with van der Waals surface area (Å²) >= 11 is 0. The normalized spacial score (nSPS) is 18.2. The van der Waals surface area contributed by atoms with Gasteiger partial charge in [0.15, 0.2) is 11.6 Å². The molecule has 5 rings (SSSR count). The maximum atomic E-state index is 13.9.